The molecule has 0 saturated carbocycles. The molecular formula is C10H19NOS. The van der Waals surface area contributed by atoms with Gasteiger partial charge < -0.3 is 4.90 Å². The topological polar surface area (TPSA) is 20.3 Å². The quantitative estimate of drug-likeness (QED) is 0.697. The number of nitrogens with zero attached hydrogens (tertiary/aromatic N) is 1. The van der Waals surface area contributed by atoms with Gasteiger partial charge >= 0.3 is 0 Å². The molecule has 0 atom stereocenters. The zero-order valence-corrected chi connectivity index (χ0v) is 9.40. The van der Waals surface area contributed by atoms with Crippen molar-refractivity contribution in [1.82, 2.24) is 4.90 Å². The van der Waals surface area contributed by atoms with Gasteiger partial charge in [-0.1, -0.05) is 13.8 Å². The lowest BCUT2D eigenvalue weighted by molar-refractivity contribution is -0.129. The number of carbonyl (C=O) groups excluding carboxylic acids is 1. The second-order valence-corrected chi connectivity index (χ2v) is 5.37. The molecule has 0 unspecified atom stereocenters. The molecule has 1 saturated heterocycles. The highest BCUT2D eigenvalue weighted by Gasteiger charge is 2.16. The molecule has 13 heavy (non-hydrogen) atoms. The van der Waals surface area contributed by atoms with Crippen molar-refractivity contribution < 1.29 is 4.79 Å². The van der Waals surface area contributed by atoms with Gasteiger partial charge in [0.25, 0.3) is 0 Å². The van der Waals surface area contributed by atoms with Crippen LogP contribution in [-0.4, -0.2) is 34.9 Å². The van der Waals surface area contributed by atoms with Crippen LogP contribution in [0, 0.1) is 0 Å². The van der Waals surface area contributed by atoms with Crippen molar-refractivity contribution in [3.8, 4) is 0 Å². The molecule has 1 aliphatic rings. The van der Waals surface area contributed by atoms with Crippen LogP contribution >= 0.6 is 11.8 Å². The Bertz CT molecular complexity index is 164. The molecule has 76 valence electrons. The van der Waals surface area contributed by atoms with Crippen LogP contribution in [-0.2, 0) is 4.79 Å². The second kappa shape index (κ2) is 5.53. The number of amides is 1. The third-order valence-corrected chi connectivity index (χ3v) is 3.33. The van der Waals surface area contributed by atoms with Gasteiger partial charge in [0.15, 0.2) is 0 Å². The van der Waals surface area contributed by atoms with Crippen LogP contribution in [0.4, 0.5) is 0 Å². The Morgan fingerprint density at radius 3 is 2.46 bits per heavy atom. The lowest BCUT2D eigenvalue weighted by Crippen LogP contribution is -2.36. The molecule has 0 aliphatic carbocycles. The van der Waals surface area contributed by atoms with Crippen LogP contribution in [0.25, 0.3) is 0 Å². The van der Waals surface area contributed by atoms with E-state index in [0.717, 1.165) is 13.1 Å². The largest absolute Gasteiger partial charge is 0.342 e. The summed E-state index contributed by atoms with van der Waals surface area (Å²) in [6.45, 7) is 6.23. The Labute approximate surface area is 85.1 Å². The van der Waals surface area contributed by atoms with Crippen molar-refractivity contribution in [1.29, 1.82) is 0 Å². The van der Waals surface area contributed by atoms with E-state index in [1.165, 1.54) is 19.3 Å². The first-order valence-corrected chi connectivity index (χ1v) is 6.14. The van der Waals surface area contributed by atoms with Crippen molar-refractivity contribution in [3.05, 3.63) is 0 Å². The third kappa shape index (κ3) is 4.03. The van der Waals surface area contributed by atoms with Crippen molar-refractivity contribution >= 4 is 17.7 Å². The molecule has 1 amide bonds. The smallest absolute Gasteiger partial charge is 0.232 e. The van der Waals surface area contributed by atoms with Crippen LogP contribution in [0.5, 0.6) is 0 Å². The Morgan fingerprint density at radius 2 is 1.92 bits per heavy atom. The number of hydrogen-bond donors (Lipinski definition) is 0. The molecule has 0 bridgehead atoms. The maximum absolute atomic E-state index is 11.6. The Morgan fingerprint density at radius 1 is 1.31 bits per heavy atom. The van der Waals surface area contributed by atoms with Crippen LogP contribution in [0.3, 0.4) is 0 Å². The monoisotopic (exact) mass is 201 g/mol. The molecule has 1 aliphatic heterocycles. The number of likely N-dealkylation sites (tertiary alicyclic amines) is 1. The number of carbonyl (C=O) groups is 1. The molecular weight excluding hydrogens is 182 g/mol. The fraction of sp³-hybridized carbons (Fsp3) is 0.900. The first-order valence-electron chi connectivity index (χ1n) is 5.09. The summed E-state index contributed by atoms with van der Waals surface area (Å²) in [5.41, 5.74) is 0. The van der Waals surface area contributed by atoms with Crippen molar-refractivity contribution in [2.24, 2.45) is 0 Å². The molecule has 1 fully saturated rings. The summed E-state index contributed by atoms with van der Waals surface area (Å²) in [5, 5.41) is 0.564. The lowest BCUT2D eigenvalue weighted by Gasteiger charge is -2.26. The second-order valence-electron chi connectivity index (χ2n) is 3.80. The third-order valence-electron chi connectivity index (χ3n) is 2.25. The first-order chi connectivity index (χ1) is 6.20. The summed E-state index contributed by atoms with van der Waals surface area (Å²) in [6.07, 6.45) is 3.68. The molecule has 3 heteroatoms. The normalized spacial score (nSPS) is 17.9. The lowest BCUT2D eigenvalue weighted by atomic mass is 10.1. The highest BCUT2D eigenvalue weighted by molar-refractivity contribution is 8.00. The van der Waals surface area contributed by atoms with Gasteiger partial charge in [0.2, 0.25) is 5.91 Å². The molecule has 1 rings (SSSR count). The molecule has 0 aromatic carbocycles. The van der Waals surface area contributed by atoms with E-state index in [0.29, 0.717) is 16.9 Å². The highest BCUT2D eigenvalue weighted by atomic mass is 32.2. The predicted octanol–water partition coefficient (Wildman–Crippen LogP) is 2.14. The Kier molecular flexibility index (Phi) is 4.64. The van der Waals surface area contributed by atoms with E-state index in [4.69, 9.17) is 0 Å². The van der Waals surface area contributed by atoms with E-state index < -0.39 is 0 Å². The number of piperidine rings is 1. The fourth-order valence-corrected chi connectivity index (χ4v) is 2.13. The van der Waals surface area contributed by atoms with Gasteiger partial charge in [-0.05, 0) is 24.5 Å². The predicted molar refractivity (Wildman–Crippen MR) is 58.0 cm³/mol. The zero-order valence-electron chi connectivity index (χ0n) is 8.58. The maximum atomic E-state index is 11.6. The number of hydrogen-bond acceptors (Lipinski definition) is 2. The van der Waals surface area contributed by atoms with E-state index >= 15 is 0 Å². The molecule has 0 aromatic heterocycles. The van der Waals surface area contributed by atoms with E-state index in [1.807, 2.05) is 4.90 Å². The van der Waals surface area contributed by atoms with Gasteiger partial charge in [0, 0.05) is 13.1 Å². The van der Waals surface area contributed by atoms with Crippen LogP contribution < -0.4 is 0 Å². The molecule has 0 aromatic rings. The van der Waals surface area contributed by atoms with E-state index in [1.54, 1.807) is 11.8 Å². The molecule has 1 heterocycles. The van der Waals surface area contributed by atoms with Crippen LogP contribution in [0.15, 0.2) is 0 Å². The summed E-state index contributed by atoms with van der Waals surface area (Å²) >= 11 is 1.74. The highest BCUT2D eigenvalue weighted by Crippen LogP contribution is 2.13. The maximum Gasteiger partial charge on any atom is 0.232 e. The zero-order chi connectivity index (χ0) is 9.68. The first kappa shape index (κ1) is 10.9. The molecule has 0 radical (unpaired) electrons. The average molecular weight is 201 g/mol. The van der Waals surface area contributed by atoms with Crippen molar-refractivity contribution in [3.63, 3.8) is 0 Å². The minimum Gasteiger partial charge on any atom is -0.342 e. The van der Waals surface area contributed by atoms with Gasteiger partial charge in [-0.3, -0.25) is 4.79 Å². The minimum absolute atomic E-state index is 0.332. The van der Waals surface area contributed by atoms with E-state index in [2.05, 4.69) is 13.8 Å². The van der Waals surface area contributed by atoms with Gasteiger partial charge in [0.05, 0.1) is 5.75 Å². The Balaban J connectivity index is 2.21. The summed E-state index contributed by atoms with van der Waals surface area (Å²) in [4.78, 5) is 13.6. The standard InChI is InChI=1S/C10H19NOS/c1-9(2)13-8-10(12)11-6-4-3-5-7-11/h9H,3-8H2,1-2H3. The number of thioether (sulfide) groups is 1. The summed E-state index contributed by atoms with van der Waals surface area (Å²) in [7, 11) is 0. The fourth-order valence-electron chi connectivity index (χ4n) is 1.47. The Hall–Kier alpha value is -0.180. The summed E-state index contributed by atoms with van der Waals surface area (Å²) in [6, 6.07) is 0. The molecule has 2 nitrogen and oxygen atoms in total. The minimum atomic E-state index is 0.332. The van der Waals surface area contributed by atoms with Crippen molar-refractivity contribution in [2.75, 3.05) is 18.8 Å². The van der Waals surface area contributed by atoms with Crippen LogP contribution in [0.2, 0.25) is 0 Å². The number of rotatable bonds is 3. The SMILES string of the molecule is CC(C)SCC(=O)N1CCCCC1. The van der Waals surface area contributed by atoms with Gasteiger partial charge in [-0.25, -0.2) is 0 Å². The summed E-state index contributed by atoms with van der Waals surface area (Å²) < 4.78 is 0. The van der Waals surface area contributed by atoms with Gasteiger partial charge in [0.1, 0.15) is 0 Å². The average Bonchev–Trinajstić information content (AvgIpc) is 2.15. The van der Waals surface area contributed by atoms with Gasteiger partial charge in [-0.15, -0.1) is 11.8 Å². The molecule has 0 spiro atoms. The van der Waals surface area contributed by atoms with Crippen molar-refractivity contribution in [2.45, 2.75) is 38.4 Å². The van der Waals surface area contributed by atoms with E-state index in [9.17, 15) is 4.79 Å². The van der Waals surface area contributed by atoms with E-state index in [-0.39, 0.29) is 0 Å². The molecule has 0 N–H and O–H groups in total. The summed E-state index contributed by atoms with van der Waals surface area (Å²) in [5.74, 6) is 0.996. The van der Waals surface area contributed by atoms with Crippen LogP contribution in [0.1, 0.15) is 33.1 Å². The van der Waals surface area contributed by atoms with Gasteiger partial charge in [-0.2, -0.15) is 0 Å².